The van der Waals surface area contributed by atoms with Gasteiger partial charge in [0.25, 0.3) is 0 Å². The predicted molar refractivity (Wildman–Crippen MR) is 99.5 cm³/mol. The first-order valence-corrected chi connectivity index (χ1v) is 10.4. The van der Waals surface area contributed by atoms with Crippen LogP contribution in [-0.4, -0.2) is 98.3 Å². The molecule has 5 aliphatic heterocycles. The van der Waals surface area contributed by atoms with Gasteiger partial charge in [0.2, 0.25) is 0 Å². The summed E-state index contributed by atoms with van der Waals surface area (Å²) in [6, 6.07) is 2.81. The van der Waals surface area contributed by atoms with Gasteiger partial charge in [-0.05, 0) is 32.7 Å². The number of fused-ring (bicyclic) bond motifs is 4. The second-order valence-corrected chi connectivity index (χ2v) is 8.81. The number of likely N-dealkylation sites (N-methyl/N-ethyl adjacent to an activating group) is 1. The summed E-state index contributed by atoms with van der Waals surface area (Å²) in [7, 11) is 2.31. The van der Waals surface area contributed by atoms with Crippen molar-refractivity contribution in [1.29, 1.82) is 0 Å². The van der Waals surface area contributed by atoms with Gasteiger partial charge in [-0.2, -0.15) is 0 Å². The highest BCUT2D eigenvalue weighted by molar-refractivity contribution is 4.91. The van der Waals surface area contributed by atoms with Gasteiger partial charge in [-0.3, -0.25) is 9.80 Å². The zero-order chi connectivity index (χ0) is 16.4. The molecule has 2 N–H and O–H groups in total. The number of rotatable bonds is 0. The quantitative estimate of drug-likeness (QED) is 0.677. The molecule has 24 heavy (non-hydrogen) atoms. The fourth-order valence-electron chi connectivity index (χ4n) is 5.29. The van der Waals surface area contributed by atoms with Gasteiger partial charge in [-0.1, -0.05) is 12.8 Å². The van der Waals surface area contributed by atoms with Gasteiger partial charge in [0.05, 0.1) is 0 Å². The van der Waals surface area contributed by atoms with E-state index < -0.39 is 0 Å². The topological polar surface area (TPSA) is 33.8 Å². The minimum atomic E-state index is 0.703. The van der Waals surface area contributed by atoms with Gasteiger partial charge in [0.1, 0.15) is 0 Å². The van der Waals surface area contributed by atoms with E-state index in [1.165, 1.54) is 90.9 Å². The van der Waals surface area contributed by atoms with Crippen LogP contribution in [0, 0.1) is 0 Å². The lowest BCUT2D eigenvalue weighted by atomic mass is 9.94. The number of hydrogen-bond donors (Lipinski definition) is 2. The minimum Gasteiger partial charge on any atom is -0.309 e. The maximum absolute atomic E-state index is 4.01. The van der Waals surface area contributed by atoms with Crippen LogP contribution in [0.5, 0.6) is 0 Å². The lowest BCUT2D eigenvalue weighted by Crippen LogP contribution is -2.60. The fraction of sp³-hybridized carbons (Fsp3) is 1.00. The van der Waals surface area contributed by atoms with Crippen LogP contribution in [0.4, 0.5) is 0 Å². The van der Waals surface area contributed by atoms with Gasteiger partial charge in [0.15, 0.2) is 0 Å². The van der Waals surface area contributed by atoms with Crippen LogP contribution < -0.4 is 10.6 Å². The number of nitrogens with zero attached hydrogens (tertiary/aromatic N) is 3. The molecule has 5 nitrogen and oxygen atoms in total. The Hall–Kier alpha value is -0.200. The molecule has 0 amide bonds. The highest BCUT2D eigenvalue weighted by Gasteiger charge is 2.30. The van der Waals surface area contributed by atoms with Crippen molar-refractivity contribution in [2.24, 2.45) is 0 Å². The van der Waals surface area contributed by atoms with Crippen molar-refractivity contribution in [3.05, 3.63) is 0 Å². The number of nitrogens with one attached hydrogen (secondary N) is 2. The monoisotopic (exact) mass is 335 g/mol. The molecule has 5 heterocycles. The molecule has 4 unspecified atom stereocenters. The molecule has 0 aromatic heterocycles. The molecule has 138 valence electrons. The molecule has 0 aliphatic carbocycles. The Morgan fingerprint density at radius 2 is 0.958 bits per heavy atom. The van der Waals surface area contributed by atoms with Crippen LogP contribution in [0.2, 0.25) is 0 Å². The smallest absolute Gasteiger partial charge is 0.0198 e. The van der Waals surface area contributed by atoms with Gasteiger partial charge in [-0.25, -0.2) is 0 Å². The Morgan fingerprint density at radius 3 is 1.33 bits per heavy atom. The molecule has 0 aromatic rings. The molecule has 5 saturated heterocycles. The minimum absolute atomic E-state index is 0.703. The van der Waals surface area contributed by atoms with Crippen LogP contribution in [0.1, 0.15) is 38.5 Å². The Kier molecular flexibility index (Phi) is 5.74. The summed E-state index contributed by atoms with van der Waals surface area (Å²) < 4.78 is 0. The molecule has 5 fully saturated rings. The molecule has 0 radical (unpaired) electrons. The maximum atomic E-state index is 4.01. The summed E-state index contributed by atoms with van der Waals surface area (Å²) in [6.45, 7) is 9.84. The Bertz CT molecular complexity index is 343. The van der Waals surface area contributed by atoms with E-state index in [0.717, 1.165) is 0 Å². The van der Waals surface area contributed by atoms with Crippen molar-refractivity contribution < 1.29 is 0 Å². The van der Waals surface area contributed by atoms with Crippen molar-refractivity contribution in [3.8, 4) is 0 Å². The molecule has 6 bridgehead atoms. The molecular weight excluding hydrogens is 298 g/mol. The molecule has 0 saturated carbocycles. The van der Waals surface area contributed by atoms with Gasteiger partial charge >= 0.3 is 0 Å². The van der Waals surface area contributed by atoms with Crippen molar-refractivity contribution in [2.45, 2.75) is 62.7 Å². The van der Waals surface area contributed by atoms with E-state index in [1.807, 2.05) is 0 Å². The lowest BCUT2D eigenvalue weighted by molar-refractivity contribution is 0.101. The Morgan fingerprint density at radius 1 is 0.583 bits per heavy atom. The molecule has 5 rings (SSSR count). The highest BCUT2D eigenvalue weighted by Crippen LogP contribution is 2.20. The van der Waals surface area contributed by atoms with E-state index in [-0.39, 0.29) is 0 Å². The van der Waals surface area contributed by atoms with E-state index in [0.29, 0.717) is 24.2 Å². The largest absolute Gasteiger partial charge is 0.309 e. The molecule has 4 atom stereocenters. The zero-order valence-electron chi connectivity index (χ0n) is 15.6. The predicted octanol–water partition coefficient (Wildman–Crippen LogP) is 0.571. The Labute approximate surface area is 148 Å². The third kappa shape index (κ3) is 4.50. The zero-order valence-corrected chi connectivity index (χ0v) is 15.6. The normalized spacial score (nSPS) is 45.4. The summed E-state index contributed by atoms with van der Waals surface area (Å²) in [6.07, 6.45) is 8.28. The SMILES string of the molecule is CN1CCN2CC3CCCC(CN(CC1)CC1CCCC(C2)N1)N3. The first-order chi connectivity index (χ1) is 11.7. The van der Waals surface area contributed by atoms with Gasteiger partial charge in [-0.15, -0.1) is 0 Å². The van der Waals surface area contributed by atoms with E-state index in [9.17, 15) is 0 Å². The van der Waals surface area contributed by atoms with E-state index >= 15 is 0 Å². The standard InChI is InChI=1S/C19H37N5/c1-22-8-10-23-12-16-4-2-5-17(20-16)13-24(11-9-22)15-19-7-3-6-18(14-23)21-19/h16-21H,2-15H2,1H3. The van der Waals surface area contributed by atoms with E-state index in [1.54, 1.807) is 0 Å². The van der Waals surface area contributed by atoms with Crippen molar-refractivity contribution in [2.75, 3.05) is 59.4 Å². The van der Waals surface area contributed by atoms with Crippen LogP contribution in [0.15, 0.2) is 0 Å². The molecule has 0 spiro atoms. The second kappa shape index (κ2) is 8.00. The van der Waals surface area contributed by atoms with Crippen molar-refractivity contribution in [3.63, 3.8) is 0 Å². The summed E-state index contributed by atoms with van der Waals surface area (Å²) in [5, 5.41) is 8.02. The molecule has 0 aromatic carbocycles. The maximum Gasteiger partial charge on any atom is 0.0198 e. The van der Waals surface area contributed by atoms with Crippen LogP contribution >= 0.6 is 0 Å². The summed E-state index contributed by atoms with van der Waals surface area (Å²) in [5.74, 6) is 0. The van der Waals surface area contributed by atoms with Crippen molar-refractivity contribution >= 4 is 0 Å². The lowest BCUT2D eigenvalue weighted by Gasteiger charge is -2.43. The molecule has 5 aliphatic rings. The van der Waals surface area contributed by atoms with Gasteiger partial charge < -0.3 is 15.5 Å². The van der Waals surface area contributed by atoms with Crippen LogP contribution in [0.25, 0.3) is 0 Å². The number of hydrogen-bond acceptors (Lipinski definition) is 5. The first-order valence-electron chi connectivity index (χ1n) is 10.4. The fourth-order valence-corrected chi connectivity index (χ4v) is 5.29. The first kappa shape index (κ1) is 17.2. The third-order valence-electron chi connectivity index (χ3n) is 6.66. The highest BCUT2D eigenvalue weighted by atomic mass is 15.3. The summed E-state index contributed by atoms with van der Waals surface area (Å²) >= 11 is 0. The average molecular weight is 336 g/mol. The molecular formula is C19H37N5. The van der Waals surface area contributed by atoms with E-state index in [4.69, 9.17) is 0 Å². The van der Waals surface area contributed by atoms with E-state index in [2.05, 4.69) is 32.4 Å². The third-order valence-corrected chi connectivity index (χ3v) is 6.66. The van der Waals surface area contributed by atoms with Crippen molar-refractivity contribution in [1.82, 2.24) is 25.3 Å². The second-order valence-electron chi connectivity index (χ2n) is 8.81. The molecule has 5 heteroatoms. The summed E-state index contributed by atoms with van der Waals surface area (Å²) in [5.41, 5.74) is 0. The van der Waals surface area contributed by atoms with Crippen LogP contribution in [-0.2, 0) is 0 Å². The van der Waals surface area contributed by atoms with Gasteiger partial charge in [0, 0.05) is 76.5 Å². The average Bonchev–Trinajstić information content (AvgIpc) is 2.57. The Balaban J connectivity index is 1.57. The summed E-state index contributed by atoms with van der Waals surface area (Å²) in [4.78, 5) is 8.07. The van der Waals surface area contributed by atoms with Crippen LogP contribution in [0.3, 0.4) is 0 Å². The number of piperidine rings is 2.